The van der Waals surface area contributed by atoms with Crippen LogP contribution in [0, 0.1) is 11.8 Å². The number of carbonyl (C=O) groups excluding carboxylic acids is 1. The normalized spacial score (nSPS) is 21.0. The third-order valence-corrected chi connectivity index (χ3v) is 6.44. The van der Waals surface area contributed by atoms with Crippen molar-refractivity contribution in [3.05, 3.63) is 29.3 Å². The summed E-state index contributed by atoms with van der Waals surface area (Å²) in [5, 5.41) is 9.40. The van der Waals surface area contributed by atoms with Crippen LogP contribution in [0.15, 0.2) is 23.2 Å². The van der Waals surface area contributed by atoms with E-state index < -0.39 is 5.97 Å². The Kier molecular flexibility index (Phi) is 7.88. The van der Waals surface area contributed by atoms with Gasteiger partial charge in [-0.05, 0) is 66.8 Å². The van der Waals surface area contributed by atoms with Gasteiger partial charge in [-0.15, -0.1) is 0 Å². The first kappa shape index (κ1) is 22.3. The maximum atomic E-state index is 12.7. The lowest BCUT2D eigenvalue weighted by molar-refractivity contribution is -0.139. The van der Waals surface area contributed by atoms with Gasteiger partial charge in [0.05, 0.1) is 7.11 Å². The van der Waals surface area contributed by atoms with Crippen molar-refractivity contribution in [2.45, 2.75) is 58.3 Å². The highest BCUT2D eigenvalue weighted by atomic mass is 16.5. The Labute approximate surface area is 179 Å². The van der Waals surface area contributed by atoms with Gasteiger partial charge in [-0.1, -0.05) is 19.8 Å². The van der Waals surface area contributed by atoms with Crippen molar-refractivity contribution in [3.8, 4) is 5.75 Å². The van der Waals surface area contributed by atoms with E-state index in [0.29, 0.717) is 19.5 Å². The number of hydrogen-bond acceptors (Lipinski definition) is 4. The molecular formula is C24H34N2O4. The van der Waals surface area contributed by atoms with Crippen molar-refractivity contribution in [2.75, 3.05) is 26.7 Å². The van der Waals surface area contributed by atoms with E-state index in [1.807, 2.05) is 11.0 Å². The molecule has 1 saturated heterocycles. The largest absolute Gasteiger partial charge is 0.497 e. The topological polar surface area (TPSA) is 79.2 Å². The van der Waals surface area contributed by atoms with Crippen LogP contribution in [0.3, 0.4) is 0 Å². The van der Waals surface area contributed by atoms with Crippen LogP contribution in [-0.2, 0) is 16.0 Å². The third-order valence-electron chi connectivity index (χ3n) is 6.44. The van der Waals surface area contributed by atoms with Crippen molar-refractivity contribution in [1.82, 2.24) is 4.90 Å². The molecule has 1 fully saturated rings. The highest BCUT2D eigenvalue weighted by Crippen LogP contribution is 2.33. The monoisotopic (exact) mass is 414 g/mol. The van der Waals surface area contributed by atoms with E-state index in [1.54, 1.807) is 7.11 Å². The van der Waals surface area contributed by atoms with Crippen LogP contribution in [0.5, 0.6) is 5.75 Å². The number of hydrogen-bond donors (Lipinski definition) is 1. The van der Waals surface area contributed by atoms with Crippen LogP contribution >= 0.6 is 0 Å². The highest BCUT2D eigenvalue weighted by Gasteiger charge is 2.34. The second-order valence-corrected chi connectivity index (χ2v) is 8.51. The Hall–Kier alpha value is -2.37. The number of carbonyl (C=O) groups is 2. The first-order chi connectivity index (χ1) is 14.5. The van der Waals surface area contributed by atoms with Crippen LogP contribution in [0.1, 0.15) is 63.0 Å². The number of unbranched alkanes of at least 4 members (excludes halogenated alkanes) is 2. The molecule has 0 saturated carbocycles. The summed E-state index contributed by atoms with van der Waals surface area (Å²) in [6, 6.07) is 6.09. The molecule has 164 valence electrons. The van der Waals surface area contributed by atoms with Crippen molar-refractivity contribution in [1.29, 1.82) is 0 Å². The van der Waals surface area contributed by atoms with Crippen LogP contribution in [0.2, 0.25) is 0 Å². The maximum absolute atomic E-state index is 12.7. The molecule has 1 amide bonds. The van der Waals surface area contributed by atoms with Gasteiger partial charge in [0.25, 0.3) is 0 Å². The number of likely N-dealkylation sites (tertiary alicyclic amines) is 1. The number of rotatable bonds is 9. The quantitative estimate of drug-likeness (QED) is 0.621. The number of piperidine rings is 1. The molecule has 0 aromatic heterocycles. The average molecular weight is 415 g/mol. The number of carboxylic acids is 1. The summed E-state index contributed by atoms with van der Waals surface area (Å²) in [6.45, 7) is 4.18. The molecule has 2 unspecified atom stereocenters. The van der Waals surface area contributed by atoms with E-state index in [2.05, 4.69) is 19.1 Å². The van der Waals surface area contributed by atoms with Crippen LogP contribution in [0.4, 0.5) is 0 Å². The summed E-state index contributed by atoms with van der Waals surface area (Å²) in [6.07, 6.45) is 6.20. The fourth-order valence-corrected chi connectivity index (χ4v) is 4.72. The fraction of sp³-hybridized carbons (Fsp3) is 0.625. The summed E-state index contributed by atoms with van der Waals surface area (Å²) in [7, 11) is 1.67. The number of amides is 1. The van der Waals surface area contributed by atoms with E-state index >= 15 is 0 Å². The minimum Gasteiger partial charge on any atom is -0.497 e. The van der Waals surface area contributed by atoms with Crippen molar-refractivity contribution in [2.24, 2.45) is 16.8 Å². The Bertz CT molecular complexity index is 789. The summed E-state index contributed by atoms with van der Waals surface area (Å²) < 4.78 is 5.36. The maximum Gasteiger partial charge on any atom is 0.303 e. The number of fused-ring (bicyclic) bond motifs is 1. The van der Waals surface area contributed by atoms with E-state index in [-0.39, 0.29) is 24.2 Å². The zero-order valence-electron chi connectivity index (χ0n) is 18.2. The number of aliphatic imine (C=N–C) groups is 1. The summed E-state index contributed by atoms with van der Waals surface area (Å²) in [5.41, 5.74) is 3.42. The number of nitrogens with zero attached hydrogens (tertiary/aromatic N) is 2. The van der Waals surface area contributed by atoms with Gasteiger partial charge >= 0.3 is 5.97 Å². The third kappa shape index (κ3) is 5.61. The van der Waals surface area contributed by atoms with Crippen LogP contribution in [-0.4, -0.2) is 54.3 Å². The molecule has 0 bridgehead atoms. The first-order valence-electron chi connectivity index (χ1n) is 11.2. The second kappa shape index (κ2) is 10.6. The minimum absolute atomic E-state index is 0.0773. The molecule has 6 nitrogen and oxygen atoms in total. The van der Waals surface area contributed by atoms with E-state index in [1.165, 1.54) is 5.56 Å². The fourth-order valence-electron chi connectivity index (χ4n) is 4.72. The van der Waals surface area contributed by atoms with Crippen molar-refractivity contribution < 1.29 is 19.4 Å². The molecule has 3 rings (SSSR count). The molecule has 0 radical (unpaired) electrons. The number of methoxy groups -OCH3 is 1. The second-order valence-electron chi connectivity index (χ2n) is 8.51. The van der Waals surface area contributed by atoms with E-state index in [9.17, 15) is 14.7 Å². The van der Waals surface area contributed by atoms with Crippen LogP contribution < -0.4 is 4.74 Å². The number of benzene rings is 1. The number of ether oxygens (including phenoxy) is 1. The lowest BCUT2D eigenvalue weighted by atomic mass is 9.78. The molecule has 1 aromatic carbocycles. The van der Waals surface area contributed by atoms with Gasteiger partial charge in [0.2, 0.25) is 5.91 Å². The first-order valence-corrected chi connectivity index (χ1v) is 11.2. The molecule has 1 N–H and O–H groups in total. The molecule has 30 heavy (non-hydrogen) atoms. The number of carboxylic acid groups (broad SMARTS) is 1. The zero-order chi connectivity index (χ0) is 21.5. The van der Waals surface area contributed by atoms with Gasteiger partial charge in [0, 0.05) is 38.2 Å². The zero-order valence-corrected chi connectivity index (χ0v) is 18.2. The summed E-state index contributed by atoms with van der Waals surface area (Å²) in [4.78, 5) is 30.9. The van der Waals surface area contributed by atoms with E-state index in [4.69, 9.17) is 9.73 Å². The van der Waals surface area contributed by atoms with Crippen molar-refractivity contribution >= 4 is 17.6 Å². The molecule has 6 heteroatoms. The smallest absolute Gasteiger partial charge is 0.303 e. The lowest BCUT2D eigenvalue weighted by Gasteiger charge is -2.39. The number of aliphatic carboxylic acids is 1. The molecule has 2 atom stereocenters. The summed E-state index contributed by atoms with van der Waals surface area (Å²) >= 11 is 0. The van der Waals surface area contributed by atoms with Gasteiger partial charge in [0.15, 0.2) is 0 Å². The van der Waals surface area contributed by atoms with Gasteiger partial charge in [0.1, 0.15) is 5.75 Å². The Balaban J connectivity index is 1.73. The van der Waals surface area contributed by atoms with Gasteiger partial charge in [-0.3, -0.25) is 14.6 Å². The molecule has 2 aliphatic rings. The standard InChI is InChI=1S/C24H34N2O4/c1-3-4-5-6-23(27)26-12-10-17(15-24(28)29)19(16-26)14-22-21-8-7-20(30-2)13-18(21)9-11-25-22/h7-8,13,17,19H,3-6,9-12,14-16H2,1-2H3,(H,28,29). The molecule has 2 heterocycles. The predicted molar refractivity (Wildman–Crippen MR) is 117 cm³/mol. The molecule has 0 aliphatic carbocycles. The van der Waals surface area contributed by atoms with Crippen LogP contribution in [0.25, 0.3) is 0 Å². The highest BCUT2D eigenvalue weighted by molar-refractivity contribution is 6.03. The average Bonchev–Trinajstić information content (AvgIpc) is 2.74. The minimum atomic E-state index is -0.761. The van der Waals surface area contributed by atoms with Gasteiger partial charge in [-0.2, -0.15) is 0 Å². The van der Waals surface area contributed by atoms with Crippen molar-refractivity contribution in [3.63, 3.8) is 0 Å². The molecular weight excluding hydrogens is 380 g/mol. The summed E-state index contributed by atoms with van der Waals surface area (Å²) in [5.74, 6) is 0.493. The van der Waals surface area contributed by atoms with Gasteiger partial charge < -0.3 is 14.7 Å². The SMILES string of the molecule is CCCCCC(=O)N1CCC(CC(=O)O)C(CC2=NCCc3cc(OC)ccc32)C1. The molecule has 0 spiro atoms. The van der Waals surface area contributed by atoms with Gasteiger partial charge in [-0.25, -0.2) is 0 Å². The van der Waals surface area contributed by atoms with E-state index in [0.717, 1.165) is 62.1 Å². The lowest BCUT2D eigenvalue weighted by Crippen LogP contribution is -2.45. The molecule has 1 aromatic rings. The molecule has 2 aliphatic heterocycles. The predicted octanol–water partition coefficient (Wildman–Crippen LogP) is 3.95. The Morgan fingerprint density at radius 1 is 1.27 bits per heavy atom. The Morgan fingerprint density at radius 2 is 2.10 bits per heavy atom. The Morgan fingerprint density at radius 3 is 2.83 bits per heavy atom.